The fourth-order valence-electron chi connectivity index (χ4n) is 1.35. The van der Waals surface area contributed by atoms with Crippen LogP contribution < -0.4 is 10.1 Å². The first kappa shape index (κ1) is 13.2. The molecule has 0 radical (unpaired) electrons. The number of anilines is 1. The number of aromatic nitrogens is 2. The first-order valence-electron chi connectivity index (χ1n) is 5.65. The summed E-state index contributed by atoms with van der Waals surface area (Å²) in [7, 11) is 1.67. The summed E-state index contributed by atoms with van der Waals surface area (Å²) in [6, 6.07) is 8.03. The highest BCUT2D eigenvalue weighted by Crippen LogP contribution is 2.27. The van der Waals surface area contributed by atoms with Gasteiger partial charge in [-0.1, -0.05) is 11.3 Å². The van der Waals surface area contributed by atoms with E-state index in [2.05, 4.69) is 27.6 Å². The molecule has 0 aliphatic rings. The Morgan fingerprint density at radius 1 is 1.28 bits per heavy atom. The molecular formula is C12H15N3OS2. The number of hydrogen-bond donors (Lipinski definition) is 1. The number of rotatable bonds is 6. The lowest BCUT2D eigenvalue weighted by atomic mass is 10.3. The van der Waals surface area contributed by atoms with Gasteiger partial charge in [0.15, 0.2) is 0 Å². The Labute approximate surface area is 115 Å². The van der Waals surface area contributed by atoms with Gasteiger partial charge in [0.25, 0.3) is 0 Å². The Bertz CT molecular complexity index is 484. The summed E-state index contributed by atoms with van der Waals surface area (Å²) in [4.78, 5) is 1.20. The van der Waals surface area contributed by atoms with E-state index in [1.165, 1.54) is 4.90 Å². The molecule has 0 aliphatic carbocycles. The van der Waals surface area contributed by atoms with Crippen molar-refractivity contribution in [2.45, 2.75) is 17.6 Å². The second-order valence-corrected chi connectivity index (χ2v) is 5.61. The van der Waals surface area contributed by atoms with Gasteiger partial charge in [0.1, 0.15) is 10.8 Å². The van der Waals surface area contributed by atoms with Crippen LogP contribution in [0.5, 0.6) is 5.75 Å². The number of benzene rings is 1. The van der Waals surface area contributed by atoms with E-state index < -0.39 is 0 Å². The number of nitrogens with one attached hydrogen (secondary N) is 1. The first-order chi connectivity index (χ1) is 8.81. The van der Waals surface area contributed by atoms with Crippen LogP contribution in [-0.2, 0) is 5.75 Å². The van der Waals surface area contributed by atoms with Crippen LogP contribution in [0.1, 0.15) is 11.9 Å². The van der Waals surface area contributed by atoms with Gasteiger partial charge in [-0.3, -0.25) is 0 Å². The molecule has 96 valence electrons. The van der Waals surface area contributed by atoms with Gasteiger partial charge >= 0.3 is 0 Å². The highest BCUT2D eigenvalue weighted by atomic mass is 32.2. The van der Waals surface area contributed by atoms with Crippen LogP contribution in [0.15, 0.2) is 29.2 Å². The Hall–Kier alpha value is -1.27. The summed E-state index contributed by atoms with van der Waals surface area (Å²) in [6.07, 6.45) is 0. The summed E-state index contributed by atoms with van der Waals surface area (Å²) >= 11 is 3.35. The molecule has 0 fully saturated rings. The first-order valence-corrected chi connectivity index (χ1v) is 7.45. The van der Waals surface area contributed by atoms with Crippen molar-refractivity contribution in [3.8, 4) is 5.75 Å². The van der Waals surface area contributed by atoms with Gasteiger partial charge in [-0.15, -0.1) is 22.0 Å². The lowest BCUT2D eigenvalue weighted by Gasteiger charge is -2.01. The molecule has 0 saturated heterocycles. The molecule has 4 nitrogen and oxygen atoms in total. The fraction of sp³-hybridized carbons (Fsp3) is 0.333. The molecule has 1 aromatic carbocycles. The molecule has 0 spiro atoms. The van der Waals surface area contributed by atoms with Crippen LogP contribution in [0.25, 0.3) is 0 Å². The average Bonchev–Trinajstić information content (AvgIpc) is 2.85. The Morgan fingerprint density at radius 2 is 2.06 bits per heavy atom. The third-order valence-electron chi connectivity index (χ3n) is 2.22. The van der Waals surface area contributed by atoms with Crippen molar-refractivity contribution in [1.82, 2.24) is 10.2 Å². The van der Waals surface area contributed by atoms with E-state index in [1.807, 2.05) is 19.1 Å². The van der Waals surface area contributed by atoms with Gasteiger partial charge in [-0.2, -0.15) is 0 Å². The molecule has 0 bridgehead atoms. The monoisotopic (exact) mass is 281 g/mol. The zero-order valence-corrected chi connectivity index (χ0v) is 12.0. The van der Waals surface area contributed by atoms with Gasteiger partial charge in [0.2, 0.25) is 5.13 Å². The van der Waals surface area contributed by atoms with Crippen molar-refractivity contribution < 1.29 is 4.74 Å². The third kappa shape index (κ3) is 3.61. The molecule has 2 rings (SSSR count). The van der Waals surface area contributed by atoms with Crippen molar-refractivity contribution in [2.75, 3.05) is 19.0 Å². The quantitative estimate of drug-likeness (QED) is 0.823. The minimum atomic E-state index is 0.843. The molecule has 0 saturated carbocycles. The molecule has 6 heteroatoms. The molecule has 0 amide bonds. The van der Waals surface area contributed by atoms with E-state index in [0.717, 1.165) is 28.2 Å². The molecule has 0 atom stereocenters. The lowest BCUT2D eigenvalue weighted by Crippen LogP contribution is -1.94. The van der Waals surface area contributed by atoms with E-state index in [-0.39, 0.29) is 0 Å². The maximum absolute atomic E-state index is 5.12. The summed E-state index contributed by atoms with van der Waals surface area (Å²) in [6.45, 7) is 2.92. The third-order valence-corrected chi connectivity index (χ3v) is 4.30. The summed E-state index contributed by atoms with van der Waals surface area (Å²) in [5.74, 6) is 1.72. The minimum Gasteiger partial charge on any atom is -0.497 e. The maximum atomic E-state index is 5.12. The molecule has 1 heterocycles. The molecule has 18 heavy (non-hydrogen) atoms. The zero-order valence-electron chi connectivity index (χ0n) is 10.3. The Morgan fingerprint density at radius 3 is 2.72 bits per heavy atom. The second kappa shape index (κ2) is 6.61. The van der Waals surface area contributed by atoms with E-state index in [1.54, 1.807) is 30.2 Å². The molecule has 2 aromatic rings. The van der Waals surface area contributed by atoms with Crippen molar-refractivity contribution >= 4 is 28.2 Å². The van der Waals surface area contributed by atoms with Crippen LogP contribution in [0.2, 0.25) is 0 Å². The number of hydrogen-bond acceptors (Lipinski definition) is 6. The van der Waals surface area contributed by atoms with Crippen molar-refractivity contribution in [1.29, 1.82) is 0 Å². The average molecular weight is 281 g/mol. The summed E-state index contributed by atoms with van der Waals surface area (Å²) in [5.41, 5.74) is 0. The predicted octanol–water partition coefficient (Wildman–Crippen LogP) is 3.27. The highest BCUT2D eigenvalue weighted by Gasteiger charge is 2.04. The topological polar surface area (TPSA) is 47.0 Å². The predicted molar refractivity (Wildman–Crippen MR) is 76.6 cm³/mol. The van der Waals surface area contributed by atoms with Crippen molar-refractivity contribution in [3.05, 3.63) is 29.3 Å². The van der Waals surface area contributed by atoms with Gasteiger partial charge in [-0.05, 0) is 31.2 Å². The standard InChI is InChI=1S/C12H15N3OS2/c1-3-13-12-15-14-11(18-12)8-17-10-6-4-9(16-2)5-7-10/h4-7H,3,8H2,1-2H3,(H,13,15). The zero-order chi connectivity index (χ0) is 12.8. The largest absolute Gasteiger partial charge is 0.497 e. The lowest BCUT2D eigenvalue weighted by molar-refractivity contribution is 0.414. The van der Waals surface area contributed by atoms with Gasteiger partial charge < -0.3 is 10.1 Å². The van der Waals surface area contributed by atoms with Crippen LogP contribution in [0, 0.1) is 0 Å². The van der Waals surface area contributed by atoms with Crippen LogP contribution in [-0.4, -0.2) is 23.9 Å². The molecule has 1 N–H and O–H groups in total. The van der Waals surface area contributed by atoms with Crippen LogP contribution in [0.3, 0.4) is 0 Å². The number of methoxy groups -OCH3 is 1. The van der Waals surface area contributed by atoms with E-state index in [9.17, 15) is 0 Å². The van der Waals surface area contributed by atoms with E-state index in [4.69, 9.17) is 4.74 Å². The Balaban J connectivity index is 1.89. The van der Waals surface area contributed by atoms with Gasteiger partial charge in [0.05, 0.1) is 12.9 Å². The van der Waals surface area contributed by atoms with Crippen molar-refractivity contribution in [3.63, 3.8) is 0 Å². The number of ether oxygens (including phenoxy) is 1. The molecular weight excluding hydrogens is 266 g/mol. The summed E-state index contributed by atoms with van der Waals surface area (Å²) in [5, 5.41) is 13.3. The van der Waals surface area contributed by atoms with Crippen molar-refractivity contribution in [2.24, 2.45) is 0 Å². The molecule has 0 aliphatic heterocycles. The normalized spacial score (nSPS) is 10.3. The highest BCUT2D eigenvalue weighted by molar-refractivity contribution is 7.98. The SMILES string of the molecule is CCNc1nnc(CSc2ccc(OC)cc2)s1. The van der Waals surface area contributed by atoms with Gasteiger partial charge in [0, 0.05) is 11.4 Å². The maximum Gasteiger partial charge on any atom is 0.205 e. The summed E-state index contributed by atoms with van der Waals surface area (Å²) < 4.78 is 5.12. The smallest absolute Gasteiger partial charge is 0.205 e. The van der Waals surface area contributed by atoms with Crippen LogP contribution in [0.4, 0.5) is 5.13 Å². The molecule has 1 aromatic heterocycles. The second-order valence-electron chi connectivity index (χ2n) is 3.50. The van der Waals surface area contributed by atoms with E-state index >= 15 is 0 Å². The molecule has 0 unspecified atom stereocenters. The number of thioether (sulfide) groups is 1. The van der Waals surface area contributed by atoms with Crippen LogP contribution >= 0.6 is 23.1 Å². The van der Waals surface area contributed by atoms with E-state index in [0.29, 0.717) is 0 Å². The Kier molecular flexibility index (Phi) is 4.83. The number of nitrogens with zero attached hydrogens (tertiary/aromatic N) is 2. The minimum absolute atomic E-state index is 0.843. The van der Waals surface area contributed by atoms with Gasteiger partial charge in [-0.25, -0.2) is 0 Å². The fourth-order valence-corrected chi connectivity index (χ4v) is 3.04.